The van der Waals surface area contributed by atoms with Crippen LogP contribution in [-0.4, -0.2) is 18.2 Å². The van der Waals surface area contributed by atoms with Crippen LogP contribution in [0.25, 0.3) is 0 Å². The van der Waals surface area contributed by atoms with Crippen LogP contribution in [0.2, 0.25) is 0 Å². The Labute approximate surface area is 127 Å². The van der Waals surface area contributed by atoms with E-state index in [0.29, 0.717) is 6.54 Å². The largest absolute Gasteiger partial charge is 0.378 e. The Bertz CT molecular complexity index is 591. The predicted octanol–water partition coefficient (Wildman–Crippen LogP) is 3.96. The number of benzene rings is 1. The maximum Gasteiger partial charge on any atom is 0.133 e. The number of halogens is 1. The summed E-state index contributed by atoms with van der Waals surface area (Å²) in [5.41, 5.74) is 3.34. The summed E-state index contributed by atoms with van der Waals surface area (Å²) in [5, 5.41) is 7.48. The van der Waals surface area contributed by atoms with Gasteiger partial charge in [-0.15, -0.1) is 0 Å². The van der Waals surface area contributed by atoms with Crippen molar-refractivity contribution < 1.29 is 4.52 Å². The van der Waals surface area contributed by atoms with Gasteiger partial charge >= 0.3 is 0 Å². The van der Waals surface area contributed by atoms with Gasteiger partial charge in [-0.2, -0.15) is 0 Å². The van der Waals surface area contributed by atoms with Crippen LogP contribution in [0.3, 0.4) is 0 Å². The fourth-order valence-electron chi connectivity index (χ4n) is 2.57. The van der Waals surface area contributed by atoms with Gasteiger partial charge in [0.05, 0.1) is 17.9 Å². The van der Waals surface area contributed by atoms with Crippen molar-refractivity contribution in [3.8, 4) is 0 Å². The molecule has 0 bridgehead atoms. The van der Waals surface area contributed by atoms with Crippen molar-refractivity contribution in [2.24, 2.45) is 0 Å². The molecular formula is C15H18BrN3O. The highest BCUT2D eigenvalue weighted by atomic mass is 79.9. The van der Waals surface area contributed by atoms with Crippen molar-refractivity contribution in [1.82, 2.24) is 5.16 Å². The van der Waals surface area contributed by atoms with Crippen LogP contribution >= 0.6 is 15.9 Å². The standard InChI is InChI=1S/C15H18BrN3O/c1-11-8-13(18-20-11)10-17-14-9-12(16)4-5-15(14)19-6-2-3-7-19/h4-5,8-9,17H,2-3,6-7,10H2,1H3. The van der Waals surface area contributed by atoms with Crippen molar-refractivity contribution >= 4 is 27.3 Å². The Morgan fingerprint density at radius 2 is 2.10 bits per heavy atom. The molecule has 0 atom stereocenters. The van der Waals surface area contributed by atoms with Crippen LogP contribution < -0.4 is 10.2 Å². The third kappa shape index (κ3) is 2.98. The van der Waals surface area contributed by atoms with E-state index in [1.807, 2.05) is 13.0 Å². The van der Waals surface area contributed by atoms with Gasteiger partial charge in [0.1, 0.15) is 11.5 Å². The lowest BCUT2D eigenvalue weighted by molar-refractivity contribution is 0.391. The number of aromatic nitrogens is 1. The highest BCUT2D eigenvalue weighted by Crippen LogP contribution is 2.31. The first-order valence-corrected chi connectivity index (χ1v) is 7.72. The Hall–Kier alpha value is -1.49. The number of hydrogen-bond donors (Lipinski definition) is 1. The van der Waals surface area contributed by atoms with Crippen LogP contribution in [0.5, 0.6) is 0 Å². The molecule has 1 aliphatic rings. The lowest BCUT2D eigenvalue weighted by Crippen LogP contribution is -2.19. The van der Waals surface area contributed by atoms with Crippen LogP contribution in [0, 0.1) is 6.92 Å². The van der Waals surface area contributed by atoms with Gasteiger partial charge in [0.25, 0.3) is 0 Å². The molecule has 4 nitrogen and oxygen atoms in total. The quantitative estimate of drug-likeness (QED) is 0.918. The molecule has 2 heterocycles. The summed E-state index contributed by atoms with van der Waals surface area (Å²) in [6.45, 7) is 4.86. The van der Waals surface area contributed by atoms with E-state index in [1.54, 1.807) is 0 Å². The monoisotopic (exact) mass is 335 g/mol. The van der Waals surface area contributed by atoms with Gasteiger partial charge in [-0.25, -0.2) is 0 Å². The van der Waals surface area contributed by atoms with Gasteiger partial charge in [-0.1, -0.05) is 21.1 Å². The molecule has 1 aliphatic heterocycles. The zero-order chi connectivity index (χ0) is 13.9. The molecule has 0 unspecified atom stereocenters. The van der Waals surface area contributed by atoms with Crippen LogP contribution in [0.4, 0.5) is 11.4 Å². The molecule has 0 spiro atoms. The highest BCUT2D eigenvalue weighted by molar-refractivity contribution is 9.10. The number of rotatable bonds is 4. The second-order valence-electron chi connectivity index (χ2n) is 5.14. The van der Waals surface area contributed by atoms with E-state index in [9.17, 15) is 0 Å². The molecule has 0 saturated carbocycles. The van der Waals surface area contributed by atoms with Crippen molar-refractivity contribution in [2.45, 2.75) is 26.3 Å². The molecule has 1 aromatic carbocycles. The minimum atomic E-state index is 0.675. The molecule has 0 radical (unpaired) electrons. The molecule has 0 amide bonds. The molecule has 20 heavy (non-hydrogen) atoms. The zero-order valence-electron chi connectivity index (χ0n) is 11.5. The molecule has 1 N–H and O–H groups in total. The topological polar surface area (TPSA) is 41.3 Å². The van der Waals surface area contributed by atoms with E-state index < -0.39 is 0 Å². The average molecular weight is 336 g/mol. The number of anilines is 2. The van der Waals surface area contributed by atoms with E-state index in [4.69, 9.17) is 4.52 Å². The maximum atomic E-state index is 5.10. The van der Waals surface area contributed by atoms with E-state index in [0.717, 1.165) is 34.7 Å². The number of aryl methyl sites for hydroxylation is 1. The zero-order valence-corrected chi connectivity index (χ0v) is 13.1. The van der Waals surface area contributed by atoms with Gasteiger partial charge in [-0.3, -0.25) is 0 Å². The summed E-state index contributed by atoms with van der Waals surface area (Å²) in [5.74, 6) is 0.843. The second kappa shape index (κ2) is 5.87. The molecule has 106 valence electrons. The minimum absolute atomic E-state index is 0.675. The lowest BCUT2D eigenvalue weighted by Gasteiger charge is -2.22. The molecule has 1 aromatic heterocycles. The molecule has 1 saturated heterocycles. The molecule has 5 heteroatoms. The third-order valence-electron chi connectivity index (χ3n) is 3.54. The number of hydrogen-bond acceptors (Lipinski definition) is 4. The summed E-state index contributed by atoms with van der Waals surface area (Å²) in [6.07, 6.45) is 2.55. The predicted molar refractivity (Wildman–Crippen MR) is 84.2 cm³/mol. The first-order valence-electron chi connectivity index (χ1n) is 6.93. The Balaban J connectivity index is 1.78. The summed E-state index contributed by atoms with van der Waals surface area (Å²) >= 11 is 3.54. The average Bonchev–Trinajstić information content (AvgIpc) is 3.08. The Morgan fingerprint density at radius 3 is 2.80 bits per heavy atom. The smallest absolute Gasteiger partial charge is 0.133 e. The highest BCUT2D eigenvalue weighted by Gasteiger charge is 2.16. The molecule has 3 rings (SSSR count). The fourth-order valence-corrected chi connectivity index (χ4v) is 2.93. The van der Waals surface area contributed by atoms with Crippen molar-refractivity contribution in [3.63, 3.8) is 0 Å². The first-order chi connectivity index (χ1) is 9.72. The summed E-state index contributed by atoms with van der Waals surface area (Å²) in [4.78, 5) is 2.43. The third-order valence-corrected chi connectivity index (χ3v) is 4.04. The summed E-state index contributed by atoms with van der Waals surface area (Å²) in [7, 11) is 0. The van der Waals surface area contributed by atoms with Gasteiger partial charge in [-0.05, 0) is 38.0 Å². The molecule has 1 fully saturated rings. The van der Waals surface area contributed by atoms with E-state index in [-0.39, 0.29) is 0 Å². The van der Waals surface area contributed by atoms with Gasteiger partial charge in [0.2, 0.25) is 0 Å². The summed E-state index contributed by atoms with van der Waals surface area (Å²) < 4.78 is 6.18. The van der Waals surface area contributed by atoms with Gasteiger partial charge in [0.15, 0.2) is 0 Å². The lowest BCUT2D eigenvalue weighted by atomic mass is 10.2. The fraction of sp³-hybridized carbons (Fsp3) is 0.400. The van der Waals surface area contributed by atoms with E-state index in [2.05, 4.69) is 49.5 Å². The van der Waals surface area contributed by atoms with Crippen molar-refractivity contribution in [3.05, 3.63) is 40.2 Å². The maximum absolute atomic E-state index is 5.10. The number of nitrogens with zero attached hydrogens (tertiary/aromatic N) is 2. The van der Waals surface area contributed by atoms with Crippen LogP contribution in [-0.2, 0) is 6.54 Å². The Morgan fingerprint density at radius 1 is 1.30 bits per heavy atom. The SMILES string of the molecule is Cc1cc(CNc2cc(Br)ccc2N2CCCC2)no1. The van der Waals surface area contributed by atoms with E-state index in [1.165, 1.54) is 18.5 Å². The van der Waals surface area contributed by atoms with E-state index >= 15 is 0 Å². The summed E-state index contributed by atoms with van der Waals surface area (Å²) in [6, 6.07) is 8.35. The molecular weight excluding hydrogens is 318 g/mol. The minimum Gasteiger partial charge on any atom is -0.378 e. The normalized spacial score (nSPS) is 14.8. The molecule has 2 aromatic rings. The van der Waals surface area contributed by atoms with Crippen molar-refractivity contribution in [2.75, 3.05) is 23.3 Å². The number of nitrogens with one attached hydrogen (secondary N) is 1. The Kier molecular flexibility index (Phi) is 3.96. The molecule has 0 aliphatic carbocycles. The van der Waals surface area contributed by atoms with Crippen molar-refractivity contribution in [1.29, 1.82) is 0 Å². The van der Waals surface area contributed by atoms with Gasteiger partial charge < -0.3 is 14.7 Å². The second-order valence-corrected chi connectivity index (χ2v) is 6.05. The first kappa shape index (κ1) is 13.5. The van der Waals surface area contributed by atoms with Crippen LogP contribution in [0.1, 0.15) is 24.3 Å². The van der Waals surface area contributed by atoms with Gasteiger partial charge in [0, 0.05) is 23.6 Å². The van der Waals surface area contributed by atoms with Crippen LogP contribution in [0.15, 0.2) is 33.3 Å².